The molecule has 1 aromatic rings. The smallest absolute Gasteiger partial charge is 0.214 e. The van der Waals surface area contributed by atoms with E-state index in [1.54, 1.807) is 24.5 Å². The van der Waals surface area contributed by atoms with E-state index in [0.29, 0.717) is 0 Å². The van der Waals surface area contributed by atoms with Crippen LogP contribution in [0.4, 0.5) is 4.39 Å². The Kier molecular flexibility index (Phi) is 6.17. The van der Waals surface area contributed by atoms with Crippen LogP contribution in [0, 0.1) is 0 Å². The molecular formula is C11H17FN2O3S. The summed E-state index contributed by atoms with van der Waals surface area (Å²) >= 11 is 0. The topological polar surface area (TPSA) is 70.5 Å². The minimum absolute atomic E-state index is 0.00349. The molecule has 0 bridgehead atoms. The summed E-state index contributed by atoms with van der Waals surface area (Å²) in [6.07, 6.45) is 3.13. The summed E-state index contributed by atoms with van der Waals surface area (Å²) in [5, 5.41) is 8.91. The molecular weight excluding hydrogens is 259 g/mol. The van der Waals surface area contributed by atoms with Crippen molar-refractivity contribution in [1.82, 2.24) is 9.29 Å². The molecule has 0 fully saturated rings. The first kappa shape index (κ1) is 15.0. The Balaban J connectivity index is 2.76. The molecule has 1 N–H and O–H groups in total. The summed E-state index contributed by atoms with van der Waals surface area (Å²) in [5.41, 5.74) is 0.731. The molecule has 18 heavy (non-hydrogen) atoms. The number of rotatable bonds is 8. The van der Waals surface area contributed by atoms with Crippen LogP contribution in [-0.2, 0) is 16.6 Å². The van der Waals surface area contributed by atoms with E-state index in [9.17, 15) is 12.8 Å². The quantitative estimate of drug-likeness (QED) is 0.753. The molecule has 0 atom stereocenters. The maximum atomic E-state index is 12.1. The highest BCUT2D eigenvalue weighted by Gasteiger charge is 2.21. The van der Waals surface area contributed by atoms with Gasteiger partial charge < -0.3 is 5.11 Å². The Hall–Kier alpha value is -1.05. The van der Waals surface area contributed by atoms with Gasteiger partial charge >= 0.3 is 0 Å². The van der Waals surface area contributed by atoms with Crippen LogP contribution in [0.25, 0.3) is 0 Å². The molecule has 1 rings (SSSR count). The van der Waals surface area contributed by atoms with Crippen LogP contribution in [-0.4, -0.2) is 48.4 Å². The Bertz CT molecular complexity index is 439. The maximum Gasteiger partial charge on any atom is 0.214 e. The molecule has 0 spiro atoms. The summed E-state index contributed by atoms with van der Waals surface area (Å²) in [6, 6.07) is 3.46. The zero-order valence-corrected chi connectivity index (χ0v) is 10.8. The predicted molar refractivity (Wildman–Crippen MR) is 66.1 cm³/mol. The number of pyridine rings is 1. The Labute approximate surface area is 106 Å². The molecule has 0 saturated carbocycles. The van der Waals surface area contributed by atoms with E-state index in [1.165, 1.54) is 0 Å². The lowest BCUT2D eigenvalue weighted by Crippen LogP contribution is -2.35. The molecule has 1 aromatic heterocycles. The highest BCUT2D eigenvalue weighted by Crippen LogP contribution is 2.09. The monoisotopic (exact) mass is 276 g/mol. The number of aromatic nitrogens is 1. The lowest BCUT2D eigenvalue weighted by atomic mass is 10.3. The summed E-state index contributed by atoms with van der Waals surface area (Å²) < 4.78 is 37.0. The standard InChI is InChI=1S/C11H17FN2O3S/c12-4-2-8-18(16,17)14(6-7-15)10-11-3-1-5-13-9-11/h1,3,5,9,15H,2,4,6-8,10H2. The van der Waals surface area contributed by atoms with E-state index < -0.39 is 16.7 Å². The fourth-order valence-electron chi connectivity index (χ4n) is 1.49. The van der Waals surface area contributed by atoms with Gasteiger partial charge in [0.2, 0.25) is 10.0 Å². The van der Waals surface area contributed by atoms with Crippen LogP contribution in [0.2, 0.25) is 0 Å². The van der Waals surface area contributed by atoms with Gasteiger partial charge in [-0.3, -0.25) is 9.37 Å². The number of alkyl halides is 1. The highest BCUT2D eigenvalue weighted by atomic mass is 32.2. The van der Waals surface area contributed by atoms with Gasteiger partial charge in [-0.25, -0.2) is 8.42 Å². The van der Waals surface area contributed by atoms with Crippen LogP contribution in [0.1, 0.15) is 12.0 Å². The Morgan fingerprint density at radius 3 is 2.78 bits per heavy atom. The maximum absolute atomic E-state index is 12.1. The Morgan fingerprint density at radius 2 is 2.22 bits per heavy atom. The number of hydrogen-bond acceptors (Lipinski definition) is 4. The van der Waals surface area contributed by atoms with Crippen molar-refractivity contribution in [3.8, 4) is 0 Å². The second kappa shape index (κ2) is 7.40. The van der Waals surface area contributed by atoms with Gasteiger partial charge in [0.05, 0.1) is 19.0 Å². The summed E-state index contributed by atoms with van der Waals surface area (Å²) in [4.78, 5) is 3.90. The zero-order chi connectivity index (χ0) is 13.4. The second-order valence-electron chi connectivity index (χ2n) is 3.78. The average molecular weight is 276 g/mol. The van der Waals surface area contributed by atoms with Crippen molar-refractivity contribution in [3.63, 3.8) is 0 Å². The summed E-state index contributed by atoms with van der Waals surface area (Å²) in [6.45, 7) is -0.791. The molecule has 102 valence electrons. The van der Waals surface area contributed by atoms with Gasteiger partial charge in [-0.15, -0.1) is 0 Å². The van der Waals surface area contributed by atoms with E-state index in [1.807, 2.05) is 0 Å². The molecule has 0 saturated heterocycles. The van der Waals surface area contributed by atoms with Crippen LogP contribution in [0.15, 0.2) is 24.5 Å². The first-order valence-electron chi connectivity index (χ1n) is 5.63. The molecule has 0 aromatic carbocycles. The highest BCUT2D eigenvalue weighted by molar-refractivity contribution is 7.89. The minimum Gasteiger partial charge on any atom is -0.395 e. The number of aliphatic hydroxyl groups is 1. The van der Waals surface area contributed by atoms with Gasteiger partial charge in [0.1, 0.15) is 0 Å². The van der Waals surface area contributed by atoms with E-state index >= 15 is 0 Å². The minimum atomic E-state index is -3.54. The van der Waals surface area contributed by atoms with Crippen LogP contribution < -0.4 is 0 Å². The van der Waals surface area contributed by atoms with Crippen molar-refractivity contribution >= 4 is 10.0 Å². The summed E-state index contributed by atoms with van der Waals surface area (Å²) in [5.74, 6) is -0.246. The third kappa shape index (κ3) is 4.67. The Morgan fingerprint density at radius 1 is 1.44 bits per heavy atom. The van der Waals surface area contributed by atoms with Gasteiger partial charge in [-0.2, -0.15) is 4.31 Å². The largest absolute Gasteiger partial charge is 0.395 e. The predicted octanol–water partition coefficient (Wildman–Crippen LogP) is 0.565. The molecule has 0 radical (unpaired) electrons. The number of halogens is 1. The van der Waals surface area contributed by atoms with Gasteiger partial charge in [0, 0.05) is 25.5 Å². The van der Waals surface area contributed by atoms with E-state index in [0.717, 1.165) is 9.87 Å². The van der Waals surface area contributed by atoms with Crippen molar-refractivity contribution in [3.05, 3.63) is 30.1 Å². The van der Waals surface area contributed by atoms with E-state index in [2.05, 4.69) is 4.98 Å². The van der Waals surface area contributed by atoms with Crippen molar-refractivity contribution in [1.29, 1.82) is 0 Å². The molecule has 0 unspecified atom stereocenters. The van der Waals surface area contributed by atoms with Crippen LogP contribution >= 0.6 is 0 Å². The first-order valence-corrected chi connectivity index (χ1v) is 7.24. The lowest BCUT2D eigenvalue weighted by Gasteiger charge is -2.20. The van der Waals surface area contributed by atoms with Crippen molar-refractivity contribution in [2.24, 2.45) is 0 Å². The molecule has 5 nitrogen and oxygen atoms in total. The molecule has 1 heterocycles. The average Bonchev–Trinajstić information content (AvgIpc) is 2.37. The van der Waals surface area contributed by atoms with Crippen LogP contribution in [0.3, 0.4) is 0 Å². The van der Waals surface area contributed by atoms with Crippen molar-refractivity contribution in [2.45, 2.75) is 13.0 Å². The first-order chi connectivity index (χ1) is 8.60. The lowest BCUT2D eigenvalue weighted by molar-refractivity contribution is 0.251. The van der Waals surface area contributed by atoms with Crippen molar-refractivity contribution in [2.75, 3.05) is 25.6 Å². The second-order valence-corrected chi connectivity index (χ2v) is 5.87. The zero-order valence-electron chi connectivity index (χ0n) is 10.00. The molecule has 7 heteroatoms. The van der Waals surface area contributed by atoms with E-state index in [-0.39, 0.29) is 31.9 Å². The van der Waals surface area contributed by atoms with Gasteiger partial charge in [0.15, 0.2) is 0 Å². The van der Waals surface area contributed by atoms with Gasteiger partial charge in [0.25, 0.3) is 0 Å². The van der Waals surface area contributed by atoms with Crippen LogP contribution in [0.5, 0.6) is 0 Å². The third-order valence-electron chi connectivity index (χ3n) is 2.36. The molecule has 0 amide bonds. The van der Waals surface area contributed by atoms with E-state index in [4.69, 9.17) is 5.11 Å². The molecule has 0 aliphatic rings. The van der Waals surface area contributed by atoms with Gasteiger partial charge in [-0.1, -0.05) is 6.07 Å². The normalized spacial score (nSPS) is 11.9. The number of aliphatic hydroxyl groups excluding tert-OH is 1. The number of sulfonamides is 1. The summed E-state index contributed by atoms with van der Waals surface area (Å²) in [7, 11) is -3.54. The number of nitrogens with zero attached hydrogens (tertiary/aromatic N) is 2. The van der Waals surface area contributed by atoms with Gasteiger partial charge in [-0.05, 0) is 18.1 Å². The molecule has 0 aliphatic heterocycles. The number of hydrogen-bond donors (Lipinski definition) is 1. The molecule has 0 aliphatic carbocycles. The van der Waals surface area contributed by atoms with Crippen molar-refractivity contribution < 1.29 is 17.9 Å². The SMILES string of the molecule is O=S(=O)(CCCF)N(CCO)Cc1cccnc1. The fraction of sp³-hybridized carbons (Fsp3) is 0.545. The third-order valence-corrected chi connectivity index (χ3v) is 4.26. The fourth-order valence-corrected chi connectivity index (χ4v) is 2.93.